The minimum atomic E-state index is -0.547. The number of hydrogen-bond donors (Lipinski definition) is 2. The van der Waals surface area contributed by atoms with Gasteiger partial charge in [-0.3, -0.25) is 9.69 Å². The first kappa shape index (κ1) is 22.0. The van der Waals surface area contributed by atoms with E-state index in [0.717, 1.165) is 82.9 Å². The Morgan fingerprint density at radius 2 is 2.03 bits per heavy atom. The topological polar surface area (TPSA) is 74.3 Å². The number of carbonyl (C=O) groups is 1. The minimum absolute atomic E-state index is 0.0865. The molecule has 29 heavy (non-hydrogen) atoms. The van der Waals surface area contributed by atoms with Gasteiger partial charge in [0.05, 0.1) is 25.9 Å². The van der Waals surface area contributed by atoms with Gasteiger partial charge in [0.2, 0.25) is 0 Å². The first-order valence-electron chi connectivity index (χ1n) is 10.8. The fourth-order valence-electron chi connectivity index (χ4n) is 4.03. The van der Waals surface area contributed by atoms with Crippen molar-refractivity contribution in [3.63, 3.8) is 0 Å². The summed E-state index contributed by atoms with van der Waals surface area (Å²) >= 11 is 0. The highest BCUT2D eigenvalue weighted by Gasteiger charge is 2.21. The van der Waals surface area contributed by atoms with E-state index in [1.165, 1.54) is 0 Å². The summed E-state index contributed by atoms with van der Waals surface area (Å²) in [6.45, 7) is 7.14. The lowest BCUT2D eigenvalue weighted by molar-refractivity contribution is 0.0383. The number of aliphatic hydroxyl groups is 1. The standard InChI is InChI=1S/C22H35N3O4/c1-28-14-13-25-9-4-2-3-5-21(26)19-17-18(6-7-20(19)25)22(27)23-8-10-24-11-15-29-16-12-24/h6-7,17,21,26H,2-5,8-16H2,1H3,(H,23,27). The quantitative estimate of drug-likeness (QED) is 0.721. The number of morpholine rings is 1. The smallest absolute Gasteiger partial charge is 0.251 e. The molecule has 1 fully saturated rings. The molecule has 1 unspecified atom stereocenters. The molecule has 0 aromatic heterocycles. The molecular weight excluding hydrogens is 370 g/mol. The first-order chi connectivity index (χ1) is 14.2. The second-order valence-corrected chi connectivity index (χ2v) is 7.83. The predicted molar refractivity (Wildman–Crippen MR) is 114 cm³/mol. The van der Waals surface area contributed by atoms with E-state index in [1.807, 2.05) is 18.2 Å². The number of nitrogens with one attached hydrogen (secondary N) is 1. The van der Waals surface area contributed by atoms with Gasteiger partial charge in [0, 0.05) is 63.2 Å². The zero-order valence-electron chi connectivity index (χ0n) is 17.6. The SMILES string of the molecule is COCCN1CCCCCC(O)c2cc(C(=O)NCCN3CCOCC3)ccc21. The lowest BCUT2D eigenvalue weighted by Gasteiger charge is -2.28. The molecule has 1 atom stereocenters. The summed E-state index contributed by atoms with van der Waals surface area (Å²) in [5.74, 6) is -0.0865. The maximum atomic E-state index is 12.7. The maximum absolute atomic E-state index is 12.7. The Labute approximate surface area is 174 Å². The third-order valence-electron chi connectivity index (χ3n) is 5.78. The van der Waals surface area contributed by atoms with Crippen molar-refractivity contribution in [2.45, 2.75) is 31.8 Å². The number of aliphatic hydroxyl groups excluding tert-OH is 1. The molecule has 1 saturated heterocycles. The van der Waals surface area contributed by atoms with Crippen LogP contribution in [0.2, 0.25) is 0 Å². The van der Waals surface area contributed by atoms with Gasteiger partial charge in [0.25, 0.3) is 5.91 Å². The van der Waals surface area contributed by atoms with E-state index < -0.39 is 6.10 Å². The van der Waals surface area contributed by atoms with Crippen LogP contribution in [0.15, 0.2) is 18.2 Å². The van der Waals surface area contributed by atoms with Crippen molar-refractivity contribution < 1.29 is 19.4 Å². The summed E-state index contributed by atoms with van der Waals surface area (Å²) in [6, 6.07) is 5.72. The van der Waals surface area contributed by atoms with Gasteiger partial charge in [-0.1, -0.05) is 12.8 Å². The van der Waals surface area contributed by atoms with Crippen molar-refractivity contribution in [2.24, 2.45) is 0 Å². The third-order valence-corrected chi connectivity index (χ3v) is 5.78. The molecule has 2 N–H and O–H groups in total. The number of ether oxygens (including phenoxy) is 2. The fraction of sp³-hybridized carbons (Fsp3) is 0.682. The molecule has 3 rings (SSSR count). The van der Waals surface area contributed by atoms with Crippen molar-refractivity contribution >= 4 is 11.6 Å². The number of carbonyl (C=O) groups excluding carboxylic acids is 1. The average Bonchev–Trinajstić information content (AvgIpc) is 2.82. The Balaban J connectivity index is 1.68. The van der Waals surface area contributed by atoms with Crippen LogP contribution < -0.4 is 10.2 Å². The summed E-state index contributed by atoms with van der Waals surface area (Å²) in [4.78, 5) is 17.3. The highest BCUT2D eigenvalue weighted by atomic mass is 16.5. The summed E-state index contributed by atoms with van der Waals surface area (Å²) in [6.07, 6.45) is 3.37. The predicted octanol–water partition coefficient (Wildman–Crippen LogP) is 1.81. The zero-order valence-corrected chi connectivity index (χ0v) is 17.6. The number of benzene rings is 1. The molecule has 7 nitrogen and oxygen atoms in total. The zero-order chi connectivity index (χ0) is 20.5. The van der Waals surface area contributed by atoms with Crippen molar-refractivity contribution in [1.29, 1.82) is 0 Å². The molecule has 0 saturated carbocycles. The molecule has 2 heterocycles. The van der Waals surface area contributed by atoms with E-state index in [0.29, 0.717) is 18.7 Å². The van der Waals surface area contributed by atoms with Gasteiger partial charge >= 0.3 is 0 Å². The number of rotatable bonds is 7. The van der Waals surface area contributed by atoms with Crippen molar-refractivity contribution in [1.82, 2.24) is 10.2 Å². The number of nitrogens with zero attached hydrogens (tertiary/aromatic N) is 2. The van der Waals surface area contributed by atoms with Crippen LogP contribution >= 0.6 is 0 Å². The number of hydrogen-bond acceptors (Lipinski definition) is 6. The highest BCUT2D eigenvalue weighted by molar-refractivity contribution is 5.95. The van der Waals surface area contributed by atoms with E-state index in [1.54, 1.807) is 7.11 Å². The van der Waals surface area contributed by atoms with Crippen LogP contribution in [-0.4, -0.2) is 82.1 Å². The van der Waals surface area contributed by atoms with Gasteiger partial charge in [0.15, 0.2) is 0 Å². The lowest BCUT2D eigenvalue weighted by Crippen LogP contribution is -2.41. The van der Waals surface area contributed by atoms with Gasteiger partial charge in [-0.25, -0.2) is 0 Å². The molecular formula is C22H35N3O4. The minimum Gasteiger partial charge on any atom is -0.388 e. The van der Waals surface area contributed by atoms with E-state index in [2.05, 4.69) is 15.1 Å². The highest BCUT2D eigenvalue weighted by Crippen LogP contribution is 2.32. The van der Waals surface area contributed by atoms with Crippen LogP contribution in [0.4, 0.5) is 5.69 Å². The van der Waals surface area contributed by atoms with Crippen molar-refractivity contribution in [3.05, 3.63) is 29.3 Å². The van der Waals surface area contributed by atoms with E-state index in [-0.39, 0.29) is 5.91 Å². The van der Waals surface area contributed by atoms with Gasteiger partial charge in [0.1, 0.15) is 0 Å². The Bertz CT molecular complexity index is 649. The Kier molecular flexibility index (Phi) is 8.73. The number of fused-ring (bicyclic) bond motifs is 1. The normalized spacial score (nSPS) is 21.0. The second-order valence-electron chi connectivity index (χ2n) is 7.83. The van der Waals surface area contributed by atoms with Crippen molar-refractivity contribution in [3.8, 4) is 0 Å². The lowest BCUT2D eigenvalue weighted by atomic mass is 9.99. The van der Waals surface area contributed by atoms with E-state index in [9.17, 15) is 9.90 Å². The molecule has 0 bridgehead atoms. The second kappa shape index (κ2) is 11.5. The first-order valence-corrected chi connectivity index (χ1v) is 10.8. The number of anilines is 1. The number of methoxy groups -OCH3 is 1. The summed E-state index contributed by atoms with van der Waals surface area (Å²) in [7, 11) is 1.70. The van der Waals surface area contributed by atoms with Crippen molar-refractivity contribution in [2.75, 3.05) is 71.1 Å². The molecule has 1 amide bonds. The van der Waals surface area contributed by atoms with Gasteiger partial charge in [-0.2, -0.15) is 0 Å². The van der Waals surface area contributed by atoms with Crippen LogP contribution in [0.3, 0.4) is 0 Å². The molecule has 7 heteroatoms. The van der Waals surface area contributed by atoms with Gasteiger partial charge in [-0.05, 0) is 31.0 Å². The van der Waals surface area contributed by atoms with Crippen LogP contribution in [0.1, 0.15) is 47.7 Å². The summed E-state index contributed by atoms with van der Waals surface area (Å²) in [5, 5.41) is 13.8. The average molecular weight is 406 g/mol. The van der Waals surface area contributed by atoms with Crippen LogP contribution in [-0.2, 0) is 9.47 Å². The summed E-state index contributed by atoms with van der Waals surface area (Å²) < 4.78 is 10.6. The van der Waals surface area contributed by atoms with Crippen LogP contribution in [0.25, 0.3) is 0 Å². The molecule has 1 aromatic carbocycles. The maximum Gasteiger partial charge on any atom is 0.251 e. The Morgan fingerprint density at radius 3 is 2.83 bits per heavy atom. The monoisotopic (exact) mass is 405 g/mol. The van der Waals surface area contributed by atoms with E-state index in [4.69, 9.17) is 9.47 Å². The van der Waals surface area contributed by atoms with E-state index >= 15 is 0 Å². The Morgan fingerprint density at radius 1 is 1.21 bits per heavy atom. The molecule has 2 aliphatic heterocycles. The Hall–Kier alpha value is -1.67. The fourth-order valence-corrected chi connectivity index (χ4v) is 4.03. The molecule has 0 aliphatic carbocycles. The number of amides is 1. The largest absolute Gasteiger partial charge is 0.388 e. The van der Waals surface area contributed by atoms with Gasteiger partial charge in [-0.15, -0.1) is 0 Å². The van der Waals surface area contributed by atoms with Crippen LogP contribution in [0.5, 0.6) is 0 Å². The molecule has 2 aliphatic rings. The molecule has 0 radical (unpaired) electrons. The molecule has 162 valence electrons. The third kappa shape index (κ3) is 6.40. The molecule has 1 aromatic rings. The molecule has 0 spiro atoms. The summed E-state index contributed by atoms with van der Waals surface area (Å²) in [5.41, 5.74) is 2.47. The van der Waals surface area contributed by atoms with Crippen LogP contribution in [0, 0.1) is 0 Å². The van der Waals surface area contributed by atoms with Gasteiger partial charge < -0.3 is 24.8 Å².